The molecule has 0 radical (unpaired) electrons. The summed E-state index contributed by atoms with van der Waals surface area (Å²) in [5, 5.41) is 0. The number of benzene rings is 1. The minimum absolute atomic E-state index is 0.129. The number of hydrogen-bond donors (Lipinski definition) is 2. The van der Waals surface area contributed by atoms with E-state index in [1.165, 1.54) is 12.3 Å². The van der Waals surface area contributed by atoms with Gasteiger partial charge in [0.1, 0.15) is 5.82 Å². The predicted octanol–water partition coefficient (Wildman–Crippen LogP) is 2.94. The van der Waals surface area contributed by atoms with Gasteiger partial charge in [-0.3, -0.25) is 20.4 Å². The molecule has 1 aliphatic heterocycles. The van der Waals surface area contributed by atoms with Gasteiger partial charge in [0.25, 0.3) is 5.91 Å². The largest absolute Gasteiger partial charge is 0.459 e. The molecule has 27 heavy (non-hydrogen) atoms. The maximum atomic E-state index is 12.7. The molecular weight excluding hydrogens is 344 g/mol. The molecule has 1 aromatic carbocycles. The van der Waals surface area contributed by atoms with E-state index in [9.17, 15) is 9.59 Å². The first kappa shape index (κ1) is 17.1. The van der Waals surface area contributed by atoms with Crippen molar-refractivity contribution in [3.05, 3.63) is 65.9 Å². The molecule has 2 aromatic heterocycles. The fourth-order valence-corrected chi connectivity index (χ4v) is 3.35. The van der Waals surface area contributed by atoms with Crippen LogP contribution in [-0.4, -0.2) is 21.4 Å². The van der Waals surface area contributed by atoms with Gasteiger partial charge in [-0.15, -0.1) is 0 Å². The van der Waals surface area contributed by atoms with Gasteiger partial charge in [0.15, 0.2) is 11.5 Å². The van der Waals surface area contributed by atoms with Crippen LogP contribution >= 0.6 is 0 Å². The highest BCUT2D eigenvalue weighted by molar-refractivity contribution is 5.98. The molecule has 0 bridgehead atoms. The minimum Gasteiger partial charge on any atom is -0.459 e. The van der Waals surface area contributed by atoms with E-state index in [4.69, 9.17) is 4.42 Å². The molecule has 3 aromatic rings. The highest BCUT2D eigenvalue weighted by Gasteiger charge is 2.24. The number of nitrogens with one attached hydrogen (secondary N) is 2. The van der Waals surface area contributed by atoms with Gasteiger partial charge in [0.2, 0.25) is 0 Å². The maximum absolute atomic E-state index is 12.7. The van der Waals surface area contributed by atoms with Crippen molar-refractivity contribution < 1.29 is 14.0 Å². The number of carbonyl (C=O) groups is 2. The maximum Gasteiger partial charge on any atom is 0.305 e. The average molecular weight is 364 g/mol. The molecule has 0 saturated carbocycles. The number of hydrazine groups is 1. The standard InChI is InChI=1S/C20H20N4O3/c25-19(16-11-7-13-27-16)22-23-20(26)17-15-10-5-2-6-12-24(15)18(21-17)14-8-3-1-4-9-14/h1,3-4,7-9,11,13H,2,5-6,10,12H2,(H,22,25)(H,23,26). The molecule has 0 saturated heterocycles. The summed E-state index contributed by atoms with van der Waals surface area (Å²) < 4.78 is 7.15. The summed E-state index contributed by atoms with van der Waals surface area (Å²) in [6.07, 6.45) is 5.37. The van der Waals surface area contributed by atoms with Gasteiger partial charge in [-0.1, -0.05) is 36.8 Å². The lowest BCUT2D eigenvalue weighted by Crippen LogP contribution is -2.42. The number of nitrogens with zero attached hydrogens (tertiary/aromatic N) is 2. The molecule has 0 atom stereocenters. The van der Waals surface area contributed by atoms with Crippen molar-refractivity contribution >= 4 is 11.8 Å². The Balaban J connectivity index is 1.61. The number of imidazole rings is 1. The molecule has 0 spiro atoms. The average Bonchev–Trinajstić information content (AvgIpc) is 3.30. The molecule has 3 heterocycles. The van der Waals surface area contributed by atoms with Crippen LogP contribution in [0.25, 0.3) is 11.4 Å². The molecule has 7 nitrogen and oxygen atoms in total. The summed E-state index contributed by atoms with van der Waals surface area (Å²) >= 11 is 0. The van der Waals surface area contributed by atoms with Crippen LogP contribution in [0.15, 0.2) is 53.1 Å². The van der Waals surface area contributed by atoms with Crippen molar-refractivity contribution in [3.63, 3.8) is 0 Å². The molecule has 0 unspecified atom stereocenters. The first-order valence-corrected chi connectivity index (χ1v) is 9.03. The topological polar surface area (TPSA) is 89.2 Å². The second-order valence-electron chi connectivity index (χ2n) is 6.44. The number of amides is 2. The van der Waals surface area contributed by atoms with Crippen LogP contribution in [0.4, 0.5) is 0 Å². The third kappa shape index (κ3) is 3.48. The van der Waals surface area contributed by atoms with Crippen LogP contribution in [-0.2, 0) is 13.0 Å². The Morgan fingerprint density at radius 3 is 2.56 bits per heavy atom. The smallest absolute Gasteiger partial charge is 0.305 e. The SMILES string of the molecule is O=C(NNC(=O)c1nc(-c2ccccc2)n2c1CCCCC2)c1ccco1. The Bertz CT molecular complexity index is 945. The van der Waals surface area contributed by atoms with Crippen molar-refractivity contribution in [3.8, 4) is 11.4 Å². The Morgan fingerprint density at radius 1 is 0.963 bits per heavy atom. The Labute approximate surface area is 156 Å². The molecule has 4 rings (SSSR count). The Kier molecular flexibility index (Phi) is 4.74. The molecule has 0 aliphatic carbocycles. The van der Waals surface area contributed by atoms with Crippen LogP contribution in [0.5, 0.6) is 0 Å². The lowest BCUT2D eigenvalue weighted by atomic mass is 10.1. The normalized spacial score (nSPS) is 13.5. The second-order valence-corrected chi connectivity index (χ2v) is 6.44. The molecule has 138 valence electrons. The zero-order valence-corrected chi connectivity index (χ0v) is 14.8. The van der Waals surface area contributed by atoms with E-state index in [1.807, 2.05) is 30.3 Å². The molecule has 2 amide bonds. The number of rotatable bonds is 3. The fourth-order valence-electron chi connectivity index (χ4n) is 3.35. The highest BCUT2D eigenvalue weighted by Crippen LogP contribution is 2.27. The van der Waals surface area contributed by atoms with Crippen molar-refractivity contribution in [2.75, 3.05) is 0 Å². The lowest BCUT2D eigenvalue weighted by molar-refractivity contribution is 0.0828. The Hall–Kier alpha value is -3.35. The molecular formula is C20H20N4O3. The monoisotopic (exact) mass is 364 g/mol. The summed E-state index contributed by atoms with van der Waals surface area (Å²) in [5.74, 6) is -0.0244. The minimum atomic E-state index is -0.512. The van der Waals surface area contributed by atoms with E-state index >= 15 is 0 Å². The second kappa shape index (κ2) is 7.49. The number of fused-ring (bicyclic) bond motifs is 1. The van der Waals surface area contributed by atoms with Crippen molar-refractivity contribution in [1.82, 2.24) is 20.4 Å². The van der Waals surface area contributed by atoms with E-state index in [0.29, 0.717) is 5.69 Å². The summed E-state index contributed by atoms with van der Waals surface area (Å²) in [6.45, 7) is 0.832. The number of carbonyl (C=O) groups excluding carboxylic acids is 2. The molecule has 0 fully saturated rings. The van der Waals surface area contributed by atoms with Gasteiger partial charge in [-0.25, -0.2) is 4.98 Å². The summed E-state index contributed by atoms with van der Waals surface area (Å²) in [5.41, 5.74) is 7.06. The van der Waals surface area contributed by atoms with Crippen LogP contribution < -0.4 is 10.9 Å². The van der Waals surface area contributed by atoms with Gasteiger partial charge in [0.05, 0.1) is 12.0 Å². The van der Waals surface area contributed by atoms with Gasteiger partial charge in [0, 0.05) is 12.1 Å². The van der Waals surface area contributed by atoms with E-state index in [2.05, 4.69) is 20.4 Å². The zero-order valence-electron chi connectivity index (χ0n) is 14.8. The summed E-state index contributed by atoms with van der Waals surface area (Å²) in [6, 6.07) is 13.0. The van der Waals surface area contributed by atoms with Crippen LogP contribution in [0, 0.1) is 0 Å². The third-order valence-electron chi connectivity index (χ3n) is 4.65. The van der Waals surface area contributed by atoms with Crippen molar-refractivity contribution in [1.29, 1.82) is 0 Å². The third-order valence-corrected chi connectivity index (χ3v) is 4.65. The number of aromatic nitrogens is 2. The highest BCUT2D eigenvalue weighted by atomic mass is 16.3. The van der Waals surface area contributed by atoms with Crippen molar-refractivity contribution in [2.45, 2.75) is 32.2 Å². The van der Waals surface area contributed by atoms with Gasteiger partial charge in [-0.2, -0.15) is 0 Å². The zero-order chi connectivity index (χ0) is 18.6. The van der Waals surface area contributed by atoms with Gasteiger partial charge < -0.3 is 8.98 Å². The van der Waals surface area contributed by atoms with Gasteiger partial charge >= 0.3 is 5.91 Å². The van der Waals surface area contributed by atoms with E-state index in [1.54, 1.807) is 6.07 Å². The van der Waals surface area contributed by atoms with Gasteiger partial charge in [-0.05, 0) is 31.4 Å². The quantitative estimate of drug-likeness (QED) is 0.699. The van der Waals surface area contributed by atoms with E-state index in [-0.39, 0.29) is 5.76 Å². The Morgan fingerprint density at radius 2 is 1.78 bits per heavy atom. The predicted molar refractivity (Wildman–Crippen MR) is 98.9 cm³/mol. The van der Waals surface area contributed by atoms with Crippen LogP contribution in [0.2, 0.25) is 0 Å². The first-order chi connectivity index (χ1) is 13.2. The molecule has 7 heteroatoms. The number of hydrogen-bond acceptors (Lipinski definition) is 4. The molecule has 1 aliphatic rings. The summed E-state index contributed by atoms with van der Waals surface area (Å²) in [7, 11) is 0. The number of furan rings is 1. The van der Waals surface area contributed by atoms with Crippen LogP contribution in [0.1, 0.15) is 46.0 Å². The van der Waals surface area contributed by atoms with Crippen LogP contribution in [0.3, 0.4) is 0 Å². The lowest BCUT2D eigenvalue weighted by Gasteiger charge is -2.09. The van der Waals surface area contributed by atoms with E-state index < -0.39 is 11.8 Å². The fraction of sp³-hybridized carbons (Fsp3) is 0.250. The first-order valence-electron chi connectivity index (χ1n) is 9.03. The summed E-state index contributed by atoms with van der Waals surface area (Å²) in [4.78, 5) is 29.3. The molecule has 2 N–H and O–H groups in total. The van der Waals surface area contributed by atoms with Crippen molar-refractivity contribution in [2.24, 2.45) is 0 Å². The van der Waals surface area contributed by atoms with E-state index in [0.717, 1.165) is 49.3 Å².